The van der Waals surface area contributed by atoms with Crippen molar-refractivity contribution < 1.29 is 29.3 Å². The fraction of sp³-hybridized carbons (Fsp3) is 0.143. The zero-order chi connectivity index (χ0) is 19.6. The van der Waals surface area contributed by atoms with Gasteiger partial charge < -0.3 is 19.7 Å². The van der Waals surface area contributed by atoms with Crippen molar-refractivity contribution in [3.63, 3.8) is 0 Å². The number of ether oxygens (including phenoxy) is 2. The van der Waals surface area contributed by atoms with Crippen LogP contribution in [0.3, 0.4) is 0 Å². The topological polar surface area (TPSA) is 93.1 Å². The Labute approximate surface area is 157 Å². The van der Waals surface area contributed by atoms with E-state index in [1.807, 2.05) is 0 Å². The number of rotatable bonds is 9. The molecule has 0 unspecified atom stereocenters. The van der Waals surface area contributed by atoms with Gasteiger partial charge in [0.1, 0.15) is 5.75 Å². The summed E-state index contributed by atoms with van der Waals surface area (Å²) in [5, 5.41) is 19.1. The molecule has 2 rings (SSSR count). The van der Waals surface area contributed by atoms with Gasteiger partial charge >= 0.3 is 0 Å². The van der Waals surface area contributed by atoms with Crippen LogP contribution in [0.5, 0.6) is 17.2 Å². The molecule has 0 atom stereocenters. The lowest BCUT2D eigenvalue weighted by Crippen LogP contribution is -2.02. The number of benzene rings is 2. The molecule has 2 aromatic rings. The standard InChI is InChI=1S/C21H20O6/c1-26-14-27-21-16(3-2-4-20(21)25)8-12-19(24)13-18(23)11-7-15-5-9-17(22)10-6-15/h2-12,22,25H,13-14H2,1H3. The highest BCUT2D eigenvalue weighted by Gasteiger charge is 2.08. The number of carbonyl (C=O) groups excluding carboxylic acids is 2. The molecular formula is C21H20O6. The van der Waals surface area contributed by atoms with Crippen molar-refractivity contribution in [2.24, 2.45) is 0 Å². The SMILES string of the molecule is COCOc1c(O)cccc1C=CC(=O)CC(=O)C=Cc1ccc(O)cc1. The van der Waals surface area contributed by atoms with E-state index in [-0.39, 0.29) is 42.0 Å². The third-order valence-electron chi connectivity index (χ3n) is 3.50. The monoisotopic (exact) mass is 368 g/mol. The highest BCUT2D eigenvalue weighted by atomic mass is 16.7. The molecule has 2 N–H and O–H groups in total. The maximum atomic E-state index is 12.0. The molecule has 0 saturated carbocycles. The van der Waals surface area contributed by atoms with Crippen LogP contribution in [0.4, 0.5) is 0 Å². The molecule has 140 valence electrons. The van der Waals surface area contributed by atoms with Crippen LogP contribution in [-0.4, -0.2) is 35.7 Å². The van der Waals surface area contributed by atoms with E-state index in [0.29, 0.717) is 5.56 Å². The smallest absolute Gasteiger partial charge is 0.188 e. The summed E-state index contributed by atoms with van der Waals surface area (Å²) in [6, 6.07) is 11.1. The first kappa shape index (κ1) is 19.9. The number of hydrogen-bond acceptors (Lipinski definition) is 6. The van der Waals surface area contributed by atoms with Gasteiger partial charge in [-0.1, -0.05) is 30.3 Å². The van der Waals surface area contributed by atoms with Gasteiger partial charge in [-0.15, -0.1) is 0 Å². The highest BCUT2D eigenvalue weighted by molar-refractivity contribution is 6.11. The first-order valence-corrected chi connectivity index (χ1v) is 8.14. The predicted molar refractivity (Wildman–Crippen MR) is 101 cm³/mol. The molecule has 0 aromatic heterocycles. The molecule has 0 fully saturated rings. The normalized spacial score (nSPS) is 11.1. The van der Waals surface area contributed by atoms with Gasteiger partial charge in [0.2, 0.25) is 0 Å². The lowest BCUT2D eigenvalue weighted by Gasteiger charge is -2.09. The second-order valence-electron chi connectivity index (χ2n) is 5.61. The van der Waals surface area contributed by atoms with E-state index in [4.69, 9.17) is 9.47 Å². The maximum Gasteiger partial charge on any atom is 0.188 e. The van der Waals surface area contributed by atoms with E-state index >= 15 is 0 Å². The third kappa shape index (κ3) is 6.45. The Morgan fingerprint density at radius 1 is 0.963 bits per heavy atom. The lowest BCUT2D eigenvalue weighted by atomic mass is 10.1. The Hall–Kier alpha value is -3.38. The number of phenols is 2. The highest BCUT2D eigenvalue weighted by Crippen LogP contribution is 2.31. The van der Waals surface area contributed by atoms with Crippen molar-refractivity contribution in [3.05, 3.63) is 65.7 Å². The number of allylic oxidation sites excluding steroid dienone is 2. The van der Waals surface area contributed by atoms with Crippen LogP contribution < -0.4 is 4.74 Å². The summed E-state index contributed by atoms with van der Waals surface area (Å²) >= 11 is 0. The van der Waals surface area contributed by atoms with Crippen molar-refractivity contribution in [2.75, 3.05) is 13.9 Å². The van der Waals surface area contributed by atoms with Crippen molar-refractivity contribution in [1.82, 2.24) is 0 Å². The minimum Gasteiger partial charge on any atom is -0.508 e. The molecule has 0 radical (unpaired) electrons. The quantitative estimate of drug-likeness (QED) is 0.401. The summed E-state index contributed by atoms with van der Waals surface area (Å²) in [6.45, 7) is -0.0487. The molecule has 0 bridgehead atoms. The molecule has 0 aliphatic rings. The molecule has 0 spiro atoms. The zero-order valence-corrected chi connectivity index (χ0v) is 14.8. The van der Waals surface area contributed by atoms with E-state index in [0.717, 1.165) is 5.56 Å². The van der Waals surface area contributed by atoms with Crippen LogP contribution in [0, 0.1) is 0 Å². The van der Waals surface area contributed by atoms with Gasteiger partial charge in [0.15, 0.2) is 29.9 Å². The van der Waals surface area contributed by atoms with Gasteiger partial charge in [-0.25, -0.2) is 0 Å². The Bertz CT molecular complexity index is 849. The Balaban J connectivity index is 1.97. The van der Waals surface area contributed by atoms with Crippen LogP contribution in [0.15, 0.2) is 54.6 Å². The summed E-state index contributed by atoms with van der Waals surface area (Å²) in [7, 11) is 1.45. The summed E-state index contributed by atoms with van der Waals surface area (Å²) in [4.78, 5) is 23.9. The van der Waals surface area contributed by atoms with E-state index < -0.39 is 0 Å². The zero-order valence-electron chi connectivity index (χ0n) is 14.8. The van der Waals surface area contributed by atoms with Gasteiger partial charge in [-0.2, -0.15) is 0 Å². The molecule has 0 saturated heterocycles. The number of phenolic OH excluding ortho intramolecular Hbond substituents is 2. The molecule has 0 heterocycles. The van der Waals surface area contributed by atoms with Crippen molar-refractivity contribution in [2.45, 2.75) is 6.42 Å². The summed E-state index contributed by atoms with van der Waals surface area (Å²) in [5.41, 5.74) is 1.23. The number of carbonyl (C=O) groups is 2. The second-order valence-corrected chi connectivity index (χ2v) is 5.61. The molecule has 2 aromatic carbocycles. The Kier molecular flexibility index (Phi) is 7.34. The van der Waals surface area contributed by atoms with Crippen molar-refractivity contribution >= 4 is 23.7 Å². The van der Waals surface area contributed by atoms with Gasteiger partial charge in [0.25, 0.3) is 0 Å². The van der Waals surface area contributed by atoms with Crippen LogP contribution >= 0.6 is 0 Å². The predicted octanol–water partition coefficient (Wildman–Crippen LogP) is 3.34. The minimum absolute atomic E-state index is 0.0487. The number of para-hydroxylation sites is 1. The molecule has 0 aliphatic carbocycles. The van der Waals surface area contributed by atoms with Crippen LogP contribution in [-0.2, 0) is 14.3 Å². The third-order valence-corrected chi connectivity index (χ3v) is 3.50. The average molecular weight is 368 g/mol. The fourth-order valence-electron chi connectivity index (χ4n) is 2.20. The summed E-state index contributed by atoms with van der Waals surface area (Å²) in [5.74, 6) is -0.461. The minimum atomic E-state index is -0.378. The number of aromatic hydroxyl groups is 2. The van der Waals surface area contributed by atoms with E-state index in [9.17, 15) is 19.8 Å². The maximum absolute atomic E-state index is 12.0. The number of ketones is 2. The average Bonchev–Trinajstić information content (AvgIpc) is 2.65. The van der Waals surface area contributed by atoms with E-state index in [1.165, 1.54) is 43.5 Å². The van der Waals surface area contributed by atoms with Gasteiger partial charge in [-0.3, -0.25) is 9.59 Å². The van der Waals surface area contributed by atoms with Crippen LogP contribution in [0.1, 0.15) is 17.5 Å². The molecule has 27 heavy (non-hydrogen) atoms. The molecular weight excluding hydrogens is 348 g/mol. The number of methoxy groups -OCH3 is 1. The van der Waals surface area contributed by atoms with Gasteiger partial charge in [-0.05, 0) is 42.0 Å². The summed E-state index contributed by atoms with van der Waals surface area (Å²) < 4.78 is 10.1. The van der Waals surface area contributed by atoms with E-state index in [1.54, 1.807) is 30.3 Å². The lowest BCUT2D eigenvalue weighted by molar-refractivity contribution is -0.121. The van der Waals surface area contributed by atoms with Gasteiger partial charge in [0, 0.05) is 12.7 Å². The number of hydrogen-bond donors (Lipinski definition) is 2. The molecule has 0 amide bonds. The summed E-state index contributed by atoms with van der Waals surface area (Å²) in [6.07, 6.45) is 5.35. The van der Waals surface area contributed by atoms with Crippen molar-refractivity contribution in [1.29, 1.82) is 0 Å². The second kappa shape index (κ2) is 9.94. The van der Waals surface area contributed by atoms with Crippen LogP contribution in [0.25, 0.3) is 12.2 Å². The molecule has 0 aliphatic heterocycles. The van der Waals surface area contributed by atoms with E-state index in [2.05, 4.69) is 0 Å². The Morgan fingerprint density at radius 3 is 2.30 bits per heavy atom. The molecule has 6 nitrogen and oxygen atoms in total. The largest absolute Gasteiger partial charge is 0.508 e. The first-order chi connectivity index (χ1) is 13.0. The first-order valence-electron chi connectivity index (χ1n) is 8.14. The Morgan fingerprint density at radius 2 is 1.63 bits per heavy atom. The molecule has 6 heteroatoms. The van der Waals surface area contributed by atoms with Crippen LogP contribution in [0.2, 0.25) is 0 Å². The van der Waals surface area contributed by atoms with Gasteiger partial charge in [0.05, 0.1) is 6.42 Å². The van der Waals surface area contributed by atoms with Crippen molar-refractivity contribution in [3.8, 4) is 17.2 Å². The fourth-order valence-corrected chi connectivity index (χ4v) is 2.20.